The summed E-state index contributed by atoms with van der Waals surface area (Å²) in [6.07, 6.45) is 3.18. The van der Waals surface area contributed by atoms with Crippen LogP contribution in [0, 0.1) is 29.8 Å². The normalized spacial score (nSPS) is 22.2. The number of carbonyl (C=O) groups excluding carboxylic acids is 1. The Morgan fingerprint density at radius 2 is 1.74 bits per heavy atom. The van der Waals surface area contributed by atoms with E-state index in [9.17, 15) is 18.0 Å². The first kappa shape index (κ1) is 21.8. The van der Waals surface area contributed by atoms with Gasteiger partial charge in [0.25, 0.3) is 0 Å². The molecule has 0 bridgehead atoms. The molecule has 1 atom stereocenters. The molecule has 0 saturated carbocycles. The second-order valence-corrected chi connectivity index (χ2v) is 9.04. The summed E-state index contributed by atoms with van der Waals surface area (Å²) in [6.45, 7) is 6.10. The van der Waals surface area contributed by atoms with Gasteiger partial charge in [-0.3, -0.25) is 14.6 Å². The summed E-state index contributed by atoms with van der Waals surface area (Å²) in [4.78, 5) is 17.0. The maximum Gasteiger partial charge on any atom is 0.238 e. The number of hydrogen-bond acceptors (Lipinski definition) is 3. The lowest BCUT2D eigenvalue weighted by Gasteiger charge is -2.40. The van der Waals surface area contributed by atoms with Crippen molar-refractivity contribution in [1.29, 1.82) is 0 Å². The molecule has 1 N–H and O–H groups in total. The fraction of sp³-hybridized carbons (Fsp3) is 0.458. The minimum absolute atomic E-state index is 0.0995. The predicted octanol–water partition coefficient (Wildman–Crippen LogP) is 4.34. The zero-order valence-corrected chi connectivity index (χ0v) is 17.8. The average molecular weight is 432 g/mol. The summed E-state index contributed by atoms with van der Waals surface area (Å²) < 4.78 is 40.2. The van der Waals surface area contributed by atoms with Crippen LogP contribution in [-0.4, -0.2) is 48.4 Å². The van der Waals surface area contributed by atoms with E-state index in [-0.39, 0.29) is 17.1 Å². The average Bonchev–Trinajstić information content (AvgIpc) is 3.09. The molecule has 0 aromatic heterocycles. The van der Waals surface area contributed by atoms with Crippen molar-refractivity contribution in [3.8, 4) is 0 Å². The number of carbonyl (C=O) groups is 1. The molecule has 1 spiro atoms. The first-order valence-electron chi connectivity index (χ1n) is 10.8. The second kappa shape index (κ2) is 9.01. The van der Waals surface area contributed by atoms with Gasteiger partial charge in [0.05, 0.1) is 6.54 Å². The predicted molar refractivity (Wildman–Crippen MR) is 114 cm³/mol. The fourth-order valence-electron chi connectivity index (χ4n) is 4.96. The second-order valence-electron chi connectivity index (χ2n) is 9.04. The molecule has 2 aromatic rings. The molecular formula is C24H28F3N3O. The quantitative estimate of drug-likeness (QED) is 0.765. The number of nitrogens with one attached hydrogen (secondary N) is 1. The number of aryl methyl sites for hydroxylation is 1. The highest BCUT2D eigenvalue weighted by Crippen LogP contribution is 2.39. The molecule has 2 aromatic carbocycles. The summed E-state index contributed by atoms with van der Waals surface area (Å²) in [5, 5.41) is 2.86. The van der Waals surface area contributed by atoms with Crippen LogP contribution in [0.25, 0.3) is 0 Å². The van der Waals surface area contributed by atoms with E-state index in [1.54, 1.807) is 25.1 Å². The first-order valence-corrected chi connectivity index (χ1v) is 10.8. The van der Waals surface area contributed by atoms with E-state index in [1.165, 1.54) is 18.2 Å². The summed E-state index contributed by atoms with van der Waals surface area (Å²) in [5.74, 6) is -2.01. The zero-order chi connectivity index (χ0) is 22.0. The lowest BCUT2D eigenvalue weighted by atomic mass is 9.79. The van der Waals surface area contributed by atoms with Gasteiger partial charge >= 0.3 is 0 Å². The van der Waals surface area contributed by atoms with Crippen molar-refractivity contribution in [2.75, 3.05) is 38.0 Å². The number of piperidine rings is 1. The highest BCUT2D eigenvalue weighted by Gasteiger charge is 2.41. The van der Waals surface area contributed by atoms with Gasteiger partial charge in [-0.2, -0.15) is 0 Å². The molecule has 0 radical (unpaired) electrons. The Balaban J connectivity index is 1.31. The van der Waals surface area contributed by atoms with Gasteiger partial charge in [0, 0.05) is 25.3 Å². The topological polar surface area (TPSA) is 35.6 Å². The number of halogens is 3. The third-order valence-corrected chi connectivity index (χ3v) is 6.46. The van der Waals surface area contributed by atoms with Gasteiger partial charge in [0.2, 0.25) is 5.91 Å². The number of nitrogens with zero attached hydrogens (tertiary/aromatic N) is 2. The molecule has 2 saturated heterocycles. The van der Waals surface area contributed by atoms with Crippen molar-refractivity contribution in [2.45, 2.75) is 32.7 Å². The Morgan fingerprint density at radius 1 is 0.968 bits per heavy atom. The van der Waals surface area contributed by atoms with Crippen LogP contribution in [0.2, 0.25) is 0 Å². The van der Waals surface area contributed by atoms with Crippen LogP contribution < -0.4 is 5.32 Å². The van der Waals surface area contributed by atoms with Crippen LogP contribution in [0.1, 0.15) is 30.4 Å². The number of anilines is 1. The fourth-order valence-corrected chi connectivity index (χ4v) is 4.96. The lowest BCUT2D eigenvalue weighted by molar-refractivity contribution is -0.117. The number of benzene rings is 2. The van der Waals surface area contributed by atoms with Crippen LogP contribution in [0.15, 0.2) is 36.4 Å². The molecule has 1 unspecified atom stereocenters. The summed E-state index contributed by atoms with van der Waals surface area (Å²) >= 11 is 0. The molecule has 4 rings (SSSR count). The Kier molecular flexibility index (Phi) is 6.34. The van der Waals surface area contributed by atoms with Crippen molar-refractivity contribution < 1.29 is 18.0 Å². The van der Waals surface area contributed by atoms with Crippen molar-refractivity contribution in [3.05, 3.63) is 65.0 Å². The SMILES string of the molecule is Cc1cc(NC(=O)CN2CCC3(CCCN(Cc4ccc(F)c(F)c4)C3)C2)ccc1F. The van der Waals surface area contributed by atoms with Crippen molar-refractivity contribution in [2.24, 2.45) is 5.41 Å². The Labute approximate surface area is 181 Å². The summed E-state index contributed by atoms with van der Waals surface area (Å²) in [7, 11) is 0. The molecule has 1 amide bonds. The maximum absolute atomic E-state index is 13.5. The van der Waals surface area contributed by atoms with Gasteiger partial charge in [-0.15, -0.1) is 0 Å². The van der Waals surface area contributed by atoms with E-state index in [2.05, 4.69) is 15.1 Å². The van der Waals surface area contributed by atoms with Gasteiger partial charge in [-0.25, -0.2) is 13.2 Å². The number of likely N-dealkylation sites (tertiary alicyclic amines) is 2. The minimum atomic E-state index is -0.820. The molecule has 2 heterocycles. The number of rotatable bonds is 5. The lowest BCUT2D eigenvalue weighted by Crippen LogP contribution is -2.45. The highest BCUT2D eigenvalue weighted by atomic mass is 19.2. The van der Waals surface area contributed by atoms with Gasteiger partial charge in [0.1, 0.15) is 5.82 Å². The largest absolute Gasteiger partial charge is 0.325 e. The molecule has 2 aliphatic heterocycles. The number of amides is 1. The molecule has 2 fully saturated rings. The molecular weight excluding hydrogens is 403 g/mol. The molecule has 2 aliphatic rings. The summed E-state index contributed by atoms with van der Waals surface area (Å²) in [5.41, 5.74) is 2.01. The first-order chi connectivity index (χ1) is 14.8. The summed E-state index contributed by atoms with van der Waals surface area (Å²) in [6, 6.07) is 8.67. The van der Waals surface area contributed by atoms with Gasteiger partial charge in [-0.1, -0.05) is 6.07 Å². The smallest absolute Gasteiger partial charge is 0.238 e. The van der Waals surface area contributed by atoms with E-state index in [1.807, 2.05) is 0 Å². The van der Waals surface area contributed by atoms with Crippen LogP contribution in [-0.2, 0) is 11.3 Å². The van der Waals surface area contributed by atoms with Crippen LogP contribution in [0.5, 0.6) is 0 Å². The van der Waals surface area contributed by atoms with E-state index in [4.69, 9.17) is 0 Å². The third-order valence-electron chi connectivity index (χ3n) is 6.46. The van der Waals surface area contributed by atoms with Crippen molar-refractivity contribution >= 4 is 11.6 Å². The van der Waals surface area contributed by atoms with E-state index in [0.29, 0.717) is 24.3 Å². The molecule has 31 heavy (non-hydrogen) atoms. The third kappa shape index (κ3) is 5.28. The maximum atomic E-state index is 13.5. The van der Waals surface area contributed by atoms with E-state index >= 15 is 0 Å². The number of hydrogen-bond donors (Lipinski definition) is 1. The molecule has 166 valence electrons. The van der Waals surface area contributed by atoms with Crippen LogP contribution in [0.3, 0.4) is 0 Å². The monoisotopic (exact) mass is 431 g/mol. The standard InChI is InChI=1S/C24H28F3N3O/c1-17-11-19(4-6-20(17)25)28-23(31)14-30-10-8-24(16-30)7-2-9-29(15-24)13-18-3-5-21(26)22(27)12-18/h3-6,11-12H,2,7-10,13-16H2,1H3,(H,28,31). The zero-order valence-electron chi connectivity index (χ0n) is 17.8. The minimum Gasteiger partial charge on any atom is -0.325 e. The van der Waals surface area contributed by atoms with E-state index < -0.39 is 11.6 Å². The molecule has 4 nitrogen and oxygen atoms in total. The van der Waals surface area contributed by atoms with Gasteiger partial charge < -0.3 is 5.32 Å². The van der Waals surface area contributed by atoms with Crippen molar-refractivity contribution in [1.82, 2.24) is 9.80 Å². The Hall–Kier alpha value is -2.38. The van der Waals surface area contributed by atoms with Crippen molar-refractivity contribution in [3.63, 3.8) is 0 Å². The Bertz CT molecular complexity index is 967. The molecule has 0 aliphatic carbocycles. The molecule has 7 heteroatoms. The van der Waals surface area contributed by atoms with Crippen LogP contribution >= 0.6 is 0 Å². The van der Waals surface area contributed by atoms with Gasteiger partial charge in [0.15, 0.2) is 11.6 Å². The Morgan fingerprint density at radius 3 is 2.52 bits per heavy atom. The van der Waals surface area contributed by atoms with Crippen LogP contribution in [0.4, 0.5) is 18.9 Å². The highest BCUT2D eigenvalue weighted by molar-refractivity contribution is 5.92. The van der Waals surface area contributed by atoms with Gasteiger partial charge in [-0.05, 0) is 86.1 Å². The van der Waals surface area contributed by atoms with E-state index in [0.717, 1.165) is 51.0 Å².